The molecule has 2 aromatic rings. The van der Waals surface area contributed by atoms with Gasteiger partial charge < -0.3 is 4.74 Å². The first-order chi connectivity index (χ1) is 10.2. The quantitative estimate of drug-likeness (QED) is 0.639. The number of nitrogens with one attached hydrogen (secondary N) is 1. The van der Waals surface area contributed by atoms with Crippen LogP contribution in [0.4, 0.5) is 0 Å². The Balaban J connectivity index is 1.84. The van der Waals surface area contributed by atoms with Crippen LogP contribution in [0.5, 0.6) is 5.75 Å². The third kappa shape index (κ3) is 2.98. The summed E-state index contributed by atoms with van der Waals surface area (Å²) in [7, 11) is 1.69. The van der Waals surface area contributed by atoms with E-state index in [1.807, 2.05) is 12.1 Å². The SMILES string of the molecule is COc1cc(Br)ccc1C(NN)C1CC1c1ccccc1. The van der Waals surface area contributed by atoms with E-state index in [9.17, 15) is 0 Å². The van der Waals surface area contributed by atoms with E-state index in [0.717, 1.165) is 22.2 Å². The standard InChI is InChI=1S/C17H19BrN2O/c1-21-16-9-12(18)7-8-13(16)17(20-19)15-10-14(15)11-5-3-2-4-6-11/h2-9,14-15,17,20H,10,19H2,1H3. The second-order valence-electron chi connectivity index (χ2n) is 5.45. The van der Waals surface area contributed by atoms with Gasteiger partial charge in [-0.3, -0.25) is 11.3 Å². The van der Waals surface area contributed by atoms with E-state index in [2.05, 4.69) is 57.8 Å². The maximum atomic E-state index is 5.83. The normalized spacial score (nSPS) is 21.9. The molecule has 3 N–H and O–H groups in total. The number of benzene rings is 2. The monoisotopic (exact) mass is 346 g/mol. The van der Waals surface area contributed by atoms with Crippen molar-refractivity contribution in [2.24, 2.45) is 11.8 Å². The van der Waals surface area contributed by atoms with Crippen LogP contribution in [0.2, 0.25) is 0 Å². The molecule has 3 rings (SSSR count). The van der Waals surface area contributed by atoms with Crippen molar-refractivity contribution < 1.29 is 4.74 Å². The summed E-state index contributed by atoms with van der Waals surface area (Å²) in [5, 5.41) is 0. The summed E-state index contributed by atoms with van der Waals surface area (Å²) in [6.07, 6.45) is 1.15. The van der Waals surface area contributed by atoms with Crippen molar-refractivity contribution >= 4 is 15.9 Å². The minimum absolute atomic E-state index is 0.109. The molecule has 0 amide bonds. The largest absolute Gasteiger partial charge is 0.496 e. The van der Waals surface area contributed by atoms with Crippen LogP contribution in [0, 0.1) is 5.92 Å². The molecule has 1 saturated carbocycles. The summed E-state index contributed by atoms with van der Waals surface area (Å²) >= 11 is 3.48. The van der Waals surface area contributed by atoms with Crippen LogP contribution in [-0.2, 0) is 0 Å². The molecule has 3 nitrogen and oxygen atoms in total. The van der Waals surface area contributed by atoms with Crippen LogP contribution in [0.1, 0.15) is 29.5 Å². The fourth-order valence-electron chi connectivity index (χ4n) is 3.05. The van der Waals surface area contributed by atoms with Gasteiger partial charge in [0.05, 0.1) is 13.2 Å². The summed E-state index contributed by atoms with van der Waals surface area (Å²) in [6.45, 7) is 0. The molecule has 0 heterocycles. The van der Waals surface area contributed by atoms with Gasteiger partial charge in [-0.05, 0) is 36.0 Å². The van der Waals surface area contributed by atoms with E-state index in [4.69, 9.17) is 10.6 Å². The third-order valence-corrected chi connectivity index (χ3v) is 4.70. The van der Waals surface area contributed by atoms with Crippen LogP contribution in [-0.4, -0.2) is 7.11 Å². The second kappa shape index (κ2) is 6.18. The highest BCUT2D eigenvalue weighted by Crippen LogP contribution is 2.54. The molecule has 0 aliphatic heterocycles. The smallest absolute Gasteiger partial charge is 0.124 e. The number of nitrogens with two attached hydrogens (primary N) is 1. The first kappa shape index (κ1) is 14.6. The number of rotatable bonds is 5. The molecule has 0 saturated heterocycles. The highest BCUT2D eigenvalue weighted by atomic mass is 79.9. The number of methoxy groups -OCH3 is 1. The van der Waals surface area contributed by atoms with Crippen LogP contribution in [0.3, 0.4) is 0 Å². The Hall–Kier alpha value is -1.36. The molecular formula is C17H19BrN2O. The van der Waals surface area contributed by atoms with Crippen LogP contribution < -0.4 is 16.0 Å². The summed E-state index contributed by atoms with van der Waals surface area (Å²) in [5.74, 6) is 7.77. The lowest BCUT2D eigenvalue weighted by molar-refractivity contribution is 0.391. The maximum absolute atomic E-state index is 5.83. The van der Waals surface area contributed by atoms with Crippen molar-refractivity contribution in [2.75, 3.05) is 7.11 Å². The van der Waals surface area contributed by atoms with Gasteiger partial charge in [0.2, 0.25) is 0 Å². The van der Waals surface area contributed by atoms with E-state index >= 15 is 0 Å². The topological polar surface area (TPSA) is 47.3 Å². The molecule has 0 radical (unpaired) electrons. The van der Waals surface area contributed by atoms with Gasteiger partial charge in [0.1, 0.15) is 5.75 Å². The first-order valence-electron chi connectivity index (χ1n) is 7.09. The molecule has 1 aliphatic rings. The third-order valence-electron chi connectivity index (χ3n) is 4.21. The van der Waals surface area contributed by atoms with Crippen LogP contribution in [0.25, 0.3) is 0 Å². The minimum Gasteiger partial charge on any atom is -0.496 e. The molecule has 0 spiro atoms. The molecule has 21 heavy (non-hydrogen) atoms. The van der Waals surface area contributed by atoms with Crippen molar-refractivity contribution in [3.8, 4) is 5.75 Å². The molecule has 3 unspecified atom stereocenters. The fraction of sp³-hybridized carbons (Fsp3) is 0.294. The zero-order valence-electron chi connectivity index (χ0n) is 11.9. The maximum Gasteiger partial charge on any atom is 0.124 e. The lowest BCUT2D eigenvalue weighted by Crippen LogP contribution is -2.30. The van der Waals surface area contributed by atoms with E-state index in [-0.39, 0.29) is 6.04 Å². The molecule has 3 atom stereocenters. The Morgan fingerprint density at radius 3 is 2.67 bits per heavy atom. The predicted molar refractivity (Wildman–Crippen MR) is 88.0 cm³/mol. The summed E-state index contributed by atoms with van der Waals surface area (Å²) in [5.41, 5.74) is 5.48. The van der Waals surface area contributed by atoms with Gasteiger partial charge in [0, 0.05) is 10.0 Å². The minimum atomic E-state index is 0.109. The van der Waals surface area contributed by atoms with Gasteiger partial charge in [-0.1, -0.05) is 52.3 Å². The second-order valence-corrected chi connectivity index (χ2v) is 6.36. The Morgan fingerprint density at radius 1 is 1.24 bits per heavy atom. The van der Waals surface area contributed by atoms with Gasteiger partial charge in [-0.15, -0.1) is 0 Å². The van der Waals surface area contributed by atoms with E-state index in [1.165, 1.54) is 5.56 Å². The Morgan fingerprint density at radius 2 is 2.00 bits per heavy atom. The van der Waals surface area contributed by atoms with E-state index in [0.29, 0.717) is 11.8 Å². The fourth-order valence-corrected chi connectivity index (χ4v) is 3.39. The number of hydrogen-bond acceptors (Lipinski definition) is 3. The van der Waals surface area contributed by atoms with Gasteiger partial charge in [-0.2, -0.15) is 0 Å². The Labute approximate surface area is 133 Å². The van der Waals surface area contributed by atoms with Gasteiger partial charge >= 0.3 is 0 Å². The van der Waals surface area contributed by atoms with Gasteiger partial charge in [0.15, 0.2) is 0 Å². The highest BCUT2D eigenvalue weighted by Gasteiger charge is 2.44. The zero-order chi connectivity index (χ0) is 14.8. The molecule has 0 aromatic heterocycles. The molecule has 1 aliphatic carbocycles. The molecule has 110 valence electrons. The zero-order valence-corrected chi connectivity index (χ0v) is 13.5. The lowest BCUT2D eigenvalue weighted by atomic mass is 9.98. The van der Waals surface area contributed by atoms with Crippen LogP contribution >= 0.6 is 15.9 Å². The molecule has 0 bridgehead atoms. The first-order valence-corrected chi connectivity index (χ1v) is 7.88. The summed E-state index contributed by atoms with van der Waals surface area (Å²) < 4.78 is 6.51. The lowest BCUT2D eigenvalue weighted by Gasteiger charge is -2.19. The van der Waals surface area contributed by atoms with Crippen LogP contribution in [0.15, 0.2) is 53.0 Å². The number of hydrogen-bond donors (Lipinski definition) is 2. The van der Waals surface area contributed by atoms with Gasteiger partial charge in [0.25, 0.3) is 0 Å². The van der Waals surface area contributed by atoms with E-state index < -0.39 is 0 Å². The summed E-state index contributed by atoms with van der Waals surface area (Å²) in [4.78, 5) is 0. The Kier molecular flexibility index (Phi) is 4.29. The predicted octanol–water partition coefficient (Wildman–Crippen LogP) is 3.77. The van der Waals surface area contributed by atoms with Crippen molar-refractivity contribution in [1.29, 1.82) is 0 Å². The molecule has 4 heteroatoms. The van der Waals surface area contributed by atoms with Gasteiger partial charge in [-0.25, -0.2) is 0 Å². The van der Waals surface area contributed by atoms with Crippen molar-refractivity contribution in [2.45, 2.75) is 18.4 Å². The van der Waals surface area contributed by atoms with Crippen molar-refractivity contribution in [1.82, 2.24) is 5.43 Å². The number of hydrazine groups is 1. The molecule has 2 aromatic carbocycles. The van der Waals surface area contributed by atoms with Crippen molar-refractivity contribution in [3.63, 3.8) is 0 Å². The number of ether oxygens (including phenoxy) is 1. The molecule has 1 fully saturated rings. The molecular weight excluding hydrogens is 328 g/mol. The van der Waals surface area contributed by atoms with E-state index in [1.54, 1.807) is 7.11 Å². The Bertz CT molecular complexity index is 617. The number of halogens is 1. The summed E-state index contributed by atoms with van der Waals surface area (Å²) in [6, 6.07) is 16.8. The van der Waals surface area contributed by atoms with Crippen molar-refractivity contribution in [3.05, 3.63) is 64.1 Å². The highest BCUT2D eigenvalue weighted by molar-refractivity contribution is 9.10. The average molecular weight is 347 g/mol. The average Bonchev–Trinajstić information content (AvgIpc) is 3.30.